The standard InChI is InChI=1S/C11H14N4S/c1-8-4-6-9(7-5-8)14(2)10-12-13-11(16)15(10)3/h4-7H,1-3H3,(H,13,16). The SMILES string of the molecule is Cc1ccc(N(C)c2n[nH]c(=S)n2C)cc1. The fourth-order valence-electron chi connectivity index (χ4n) is 1.52. The van der Waals surface area contributed by atoms with E-state index in [2.05, 4.69) is 41.4 Å². The highest BCUT2D eigenvalue weighted by atomic mass is 32.1. The summed E-state index contributed by atoms with van der Waals surface area (Å²) in [5.41, 5.74) is 2.33. The number of benzene rings is 1. The summed E-state index contributed by atoms with van der Waals surface area (Å²) in [6.07, 6.45) is 0. The number of hydrogen-bond acceptors (Lipinski definition) is 3. The van der Waals surface area contributed by atoms with Crippen molar-refractivity contribution in [1.82, 2.24) is 14.8 Å². The maximum Gasteiger partial charge on any atom is 0.229 e. The normalized spacial score (nSPS) is 10.4. The van der Waals surface area contributed by atoms with Crippen LogP contribution in [0.3, 0.4) is 0 Å². The van der Waals surface area contributed by atoms with Crippen LogP contribution in [-0.2, 0) is 7.05 Å². The number of aryl methyl sites for hydroxylation is 1. The number of H-pyrrole nitrogens is 1. The quantitative estimate of drug-likeness (QED) is 0.811. The smallest absolute Gasteiger partial charge is 0.229 e. The molecule has 1 aromatic heterocycles. The molecule has 1 aromatic carbocycles. The first kappa shape index (κ1) is 10.9. The van der Waals surface area contributed by atoms with Gasteiger partial charge in [0.15, 0.2) is 4.77 Å². The predicted octanol–water partition coefficient (Wildman–Crippen LogP) is 2.55. The van der Waals surface area contributed by atoms with Crippen molar-refractivity contribution in [1.29, 1.82) is 0 Å². The minimum Gasteiger partial charge on any atom is -0.314 e. The van der Waals surface area contributed by atoms with Crippen LogP contribution in [0, 0.1) is 11.7 Å². The lowest BCUT2D eigenvalue weighted by molar-refractivity contribution is 0.871. The third kappa shape index (κ3) is 1.86. The fraction of sp³-hybridized carbons (Fsp3) is 0.273. The van der Waals surface area contributed by atoms with Gasteiger partial charge in [0, 0.05) is 19.8 Å². The number of nitrogens with zero attached hydrogens (tertiary/aromatic N) is 3. The minimum absolute atomic E-state index is 0.619. The van der Waals surface area contributed by atoms with Crippen LogP contribution in [0.15, 0.2) is 24.3 Å². The monoisotopic (exact) mass is 234 g/mol. The Bertz CT molecular complexity index is 538. The Morgan fingerprint density at radius 1 is 1.31 bits per heavy atom. The van der Waals surface area contributed by atoms with Crippen LogP contribution in [-0.4, -0.2) is 21.8 Å². The lowest BCUT2D eigenvalue weighted by Crippen LogP contribution is -2.14. The Morgan fingerprint density at radius 2 is 1.94 bits per heavy atom. The maximum atomic E-state index is 5.08. The van der Waals surface area contributed by atoms with Crippen LogP contribution in [0.25, 0.3) is 0 Å². The highest BCUT2D eigenvalue weighted by Crippen LogP contribution is 2.21. The van der Waals surface area contributed by atoms with Gasteiger partial charge in [-0.15, -0.1) is 5.10 Å². The van der Waals surface area contributed by atoms with Crippen molar-refractivity contribution in [3.63, 3.8) is 0 Å². The number of aromatic nitrogens is 3. The van der Waals surface area contributed by atoms with Gasteiger partial charge in [0.05, 0.1) is 0 Å². The summed E-state index contributed by atoms with van der Waals surface area (Å²) in [4.78, 5) is 1.99. The Balaban J connectivity index is 2.39. The summed E-state index contributed by atoms with van der Waals surface area (Å²) in [6, 6.07) is 8.28. The van der Waals surface area contributed by atoms with Crippen LogP contribution in [0.2, 0.25) is 0 Å². The van der Waals surface area contributed by atoms with E-state index in [0.29, 0.717) is 4.77 Å². The molecule has 0 amide bonds. The van der Waals surface area contributed by atoms with Gasteiger partial charge in [0.25, 0.3) is 0 Å². The van der Waals surface area contributed by atoms with E-state index < -0.39 is 0 Å². The van der Waals surface area contributed by atoms with E-state index in [4.69, 9.17) is 12.2 Å². The average Bonchev–Trinajstić information content (AvgIpc) is 2.60. The second kappa shape index (κ2) is 4.09. The molecule has 0 aliphatic rings. The Kier molecular flexibility index (Phi) is 2.78. The van der Waals surface area contributed by atoms with Crippen LogP contribution in [0.5, 0.6) is 0 Å². The molecule has 84 valence electrons. The van der Waals surface area contributed by atoms with Crippen molar-refractivity contribution in [2.24, 2.45) is 7.05 Å². The van der Waals surface area contributed by atoms with E-state index in [0.717, 1.165) is 11.6 Å². The van der Waals surface area contributed by atoms with Crippen molar-refractivity contribution in [3.8, 4) is 0 Å². The molecule has 0 saturated carbocycles. The number of rotatable bonds is 2. The minimum atomic E-state index is 0.619. The third-order valence-electron chi connectivity index (χ3n) is 2.58. The molecule has 0 unspecified atom stereocenters. The summed E-state index contributed by atoms with van der Waals surface area (Å²) in [6.45, 7) is 2.07. The van der Waals surface area contributed by atoms with E-state index >= 15 is 0 Å². The van der Waals surface area contributed by atoms with E-state index in [1.54, 1.807) is 0 Å². The third-order valence-corrected chi connectivity index (χ3v) is 2.94. The molecule has 2 aromatic rings. The summed E-state index contributed by atoms with van der Waals surface area (Å²) in [7, 11) is 3.86. The van der Waals surface area contributed by atoms with Crippen molar-refractivity contribution in [2.45, 2.75) is 6.92 Å². The van der Waals surface area contributed by atoms with Gasteiger partial charge < -0.3 is 4.90 Å². The molecule has 0 bridgehead atoms. The van der Waals surface area contributed by atoms with E-state index in [1.165, 1.54) is 5.56 Å². The first-order valence-corrected chi connectivity index (χ1v) is 5.42. The maximum absolute atomic E-state index is 5.08. The van der Waals surface area contributed by atoms with Gasteiger partial charge in [0.2, 0.25) is 5.95 Å². The molecular formula is C11H14N4S. The summed E-state index contributed by atoms with van der Waals surface area (Å²) < 4.78 is 2.46. The second-order valence-electron chi connectivity index (χ2n) is 3.78. The zero-order valence-corrected chi connectivity index (χ0v) is 10.4. The largest absolute Gasteiger partial charge is 0.314 e. The number of anilines is 2. The number of nitrogens with one attached hydrogen (secondary N) is 1. The summed E-state index contributed by atoms with van der Waals surface area (Å²) in [5.74, 6) is 0.800. The Labute approximate surface area is 99.5 Å². The molecule has 5 heteroatoms. The van der Waals surface area contributed by atoms with E-state index in [1.807, 2.05) is 23.6 Å². The topological polar surface area (TPSA) is 36.9 Å². The van der Waals surface area contributed by atoms with E-state index in [9.17, 15) is 0 Å². The zero-order valence-electron chi connectivity index (χ0n) is 9.56. The molecule has 4 nitrogen and oxygen atoms in total. The van der Waals surface area contributed by atoms with Crippen LogP contribution in [0.4, 0.5) is 11.6 Å². The fourth-order valence-corrected chi connectivity index (χ4v) is 1.65. The van der Waals surface area contributed by atoms with Crippen LogP contribution >= 0.6 is 12.2 Å². The Hall–Kier alpha value is -1.62. The number of hydrogen-bond donors (Lipinski definition) is 1. The van der Waals surface area contributed by atoms with Gasteiger partial charge in [-0.2, -0.15) is 0 Å². The highest BCUT2D eigenvalue weighted by molar-refractivity contribution is 7.71. The van der Waals surface area contributed by atoms with E-state index in [-0.39, 0.29) is 0 Å². The molecule has 0 radical (unpaired) electrons. The highest BCUT2D eigenvalue weighted by Gasteiger charge is 2.09. The molecule has 0 saturated heterocycles. The average molecular weight is 234 g/mol. The van der Waals surface area contributed by atoms with Crippen molar-refractivity contribution in [2.75, 3.05) is 11.9 Å². The molecule has 0 aliphatic heterocycles. The summed E-state index contributed by atoms with van der Waals surface area (Å²) >= 11 is 5.08. The molecule has 2 rings (SSSR count). The van der Waals surface area contributed by atoms with Crippen molar-refractivity contribution < 1.29 is 0 Å². The molecule has 16 heavy (non-hydrogen) atoms. The molecule has 0 atom stereocenters. The molecule has 0 spiro atoms. The van der Waals surface area contributed by atoms with Crippen molar-refractivity contribution >= 4 is 23.9 Å². The van der Waals surface area contributed by atoms with Crippen LogP contribution in [0.1, 0.15) is 5.56 Å². The van der Waals surface area contributed by atoms with Gasteiger partial charge in [-0.3, -0.25) is 4.57 Å². The first-order chi connectivity index (χ1) is 7.59. The molecular weight excluding hydrogens is 220 g/mol. The predicted molar refractivity (Wildman–Crippen MR) is 67.6 cm³/mol. The molecule has 0 aliphatic carbocycles. The molecule has 0 fully saturated rings. The van der Waals surface area contributed by atoms with Gasteiger partial charge in [-0.05, 0) is 31.3 Å². The lowest BCUT2D eigenvalue weighted by Gasteiger charge is -2.17. The van der Waals surface area contributed by atoms with Gasteiger partial charge in [-0.25, -0.2) is 5.10 Å². The number of aromatic amines is 1. The second-order valence-corrected chi connectivity index (χ2v) is 4.17. The summed E-state index contributed by atoms with van der Waals surface area (Å²) in [5, 5.41) is 6.96. The zero-order chi connectivity index (χ0) is 11.7. The Morgan fingerprint density at radius 3 is 2.44 bits per heavy atom. The lowest BCUT2D eigenvalue weighted by atomic mass is 10.2. The van der Waals surface area contributed by atoms with Crippen molar-refractivity contribution in [3.05, 3.63) is 34.6 Å². The van der Waals surface area contributed by atoms with Gasteiger partial charge in [-0.1, -0.05) is 17.7 Å². The molecule has 1 N–H and O–H groups in total. The van der Waals surface area contributed by atoms with Crippen LogP contribution < -0.4 is 4.90 Å². The van der Waals surface area contributed by atoms with Gasteiger partial charge >= 0.3 is 0 Å². The first-order valence-electron chi connectivity index (χ1n) is 5.01. The van der Waals surface area contributed by atoms with Gasteiger partial charge in [0.1, 0.15) is 0 Å². The molecule has 1 heterocycles.